The van der Waals surface area contributed by atoms with Crippen molar-refractivity contribution in [1.82, 2.24) is 15.1 Å². The molecule has 1 N–H and O–H groups in total. The molecule has 2 unspecified atom stereocenters. The highest BCUT2D eigenvalue weighted by Gasteiger charge is 2.20. The molecule has 4 heteroatoms. The molecule has 0 saturated carbocycles. The monoisotopic (exact) mass is 269 g/mol. The Balaban J connectivity index is 1.52. The summed E-state index contributed by atoms with van der Waals surface area (Å²) in [5.74, 6) is 0. The molecule has 0 radical (unpaired) electrons. The Bertz CT molecular complexity index is 242. The van der Waals surface area contributed by atoms with Gasteiger partial charge in [-0.2, -0.15) is 0 Å². The number of ether oxygens (including phenoxy) is 1. The fourth-order valence-electron chi connectivity index (χ4n) is 3.03. The number of hydrogen-bond donors (Lipinski definition) is 1. The van der Waals surface area contributed by atoms with E-state index in [2.05, 4.69) is 29.1 Å². The third-order valence-corrected chi connectivity index (χ3v) is 4.50. The Morgan fingerprint density at radius 2 is 2.00 bits per heavy atom. The summed E-state index contributed by atoms with van der Waals surface area (Å²) in [7, 11) is 2.22. The summed E-state index contributed by atoms with van der Waals surface area (Å²) in [5, 5.41) is 3.72. The van der Waals surface area contributed by atoms with Crippen molar-refractivity contribution in [3.8, 4) is 0 Å². The second-order valence-corrected chi connectivity index (χ2v) is 6.07. The Morgan fingerprint density at radius 1 is 1.21 bits per heavy atom. The van der Waals surface area contributed by atoms with E-state index < -0.39 is 0 Å². The van der Waals surface area contributed by atoms with Gasteiger partial charge in [0.05, 0.1) is 6.10 Å². The van der Waals surface area contributed by atoms with E-state index >= 15 is 0 Å². The molecule has 2 aliphatic rings. The molecule has 112 valence electrons. The third-order valence-electron chi connectivity index (χ3n) is 4.50. The van der Waals surface area contributed by atoms with E-state index in [-0.39, 0.29) is 0 Å². The van der Waals surface area contributed by atoms with Crippen LogP contribution in [0.3, 0.4) is 0 Å². The van der Waals surface area contributed by atoms with E-state index in [1.165, 1.54) is 52.0 Å². The van der Waals surface area contributed by atoms with Crippen LogP contribution >= 0.6 is 0 Å². The van der Waals surface area contributed by atoms with Crippen LogP contribution in [0.4, 0.5) is 0 Å². The zero-order chi connectivity index (χ0) is 13.5. The molecule has 0 aliphatic carbocycles. The van der Waals surface area contributed by atoms with Crippen molar-refractivity contribution in [2.24, 2.45) is 0 Å². The van der Waals surface area contributed by atoms with E-state index in [0.717, 1.165) is 19.6 Å². The standard InChI is InChI=1S/C15H31N3O/c1-3-15-13-14(5-12-19-15)16-6-4-7-18-10-8-17(2)9-11-18/h14-16H,3-13H2,1-2H3. The highest BCUT2D eigenvalue weighted by Crippen LogP contribution is 2.16. The van der Waals surface area contributed by atoms with Crippen LogP contribution in [0.1, 0.15) is 32.6 Å². The van der Waals surface area contributed by atoms with Gasteiger partial charge in [0.25, 0.3) is 0 Å². The Labute approximate surface area is 118 Å². The number of nitrogens with one attached hydrogen (secondary N) is 1. The molecule has 19 heavy (non-hydrogen) atoms. The molecule has 0 bridgehead atoms. The zero-order valence-electron chi connectivity index (χ0n) is 12.7. The zero-order valence-corrected chi connectivity index (χ0v) is 12.7. The van der Waals surface area contributed by atoms with Gasteiger partial charge in [0, 0.05) is 38.8 Å². The molecule has 2 atom stereocenters. The minimum absolute atomic E-state index is 0.490. The molecule has 2 heterocycles. The van der Waals surface area contributed by atoms with Gasteiger partial charge >= 0.3 is 0 Å². The first-order valence-corrected chi connectivity index (χ1v) is 8.04. The number of likely N-dealkylation sites (N-methyl/N-ethyl adjacent to an activating group) is 1. The number of nitrogens with zero attached hydrogens (tertiary/aromatic N) is 2. The minimum atomic E-state index is 0.490. The van der Waals surface area contributed by atoms with E-state index in [0.29, 0.717) is 12.1 Å². The van der Waals surface area contributed by atoms with E-state index in [9.17, 15) is 0 Å². The molecule has 2 fully saturated rings. The predicted octanol–water partition coefficient (Wildman–Crippen LogP) is 1.17. The lowest BCUT2D eigenvalue weighted by molar-refractivity contribution is -0.000113. The lowest BCUT2D eigenvalue weighted by atomic mass is 10.0. The molecule has 0 aromatic heterocycles. The predicted molar refractivity (Wildman–Crippen MR) is 79.6 cm³/mol. The second kappa shape index (κ2) is 8.20. The molecule has 0 aromatic rings. The number of rotatable bonds is 6. The van der Waals surface area contributed by atoms with Gasteiger partial charge < -0.3 is 19.9 Å². The van der Waals surface area contributed by atoms with Crippen LogP contribution in [0.25, 0.3) is 0 Å². The summed E-state index contributed by atoms with van der Waals surface area (Å²) in [6.07, 6.45) is 5.30. The first-order valence-electron chi connectivity index (χ1n) is 8.04. The molecule has 2 aliphatic heterocycles. The van der Waals surface area contributed by atoms with Crippen molar-refractivity contribution in [3.63, 3.8) is 0 Å². The van der Waals surface area contributed by atoms with Crippen molar-refractivity contribution in [1.29, 1.82) is 0 Å². The highest BCUT2D eigenvalue weighted by atomic mass is 16.5. The Hall–Kier alpha value is -0.160. The van der Waals surface area contributed by atoms with Gasteiger partial charge in [0.15, 0.2) is 0 Å². The molecule has 2 rings (SSSR count). The molecular formula is C15H31N3O. The van der Waals surface area contributed by atoms with Gasteiger partial charge in [0.2, 0.25) is 0 Å². The Morgan fingerprint density at radius 3 is 2.74 bits per heavy atom. The average Bonchev–Trinajstić information content (AvgIpc) is 2.46. The van der Waals surface area contributed by atoms with E-state index in [1.807, 2.05) is 0 Å². The fraction of sp³-hybridized carbons (Fsp3) is 1.00. The molecule has 0 amide bonds. The average molecular weight is 269 g/mol. The Kier molecular flexibility index (Phi) is 6.57. The normalized spacial score (nSPS) is 30.6. The first kappa shape index (κ1) is 15.2. The summed E-state index contributed by atoms with van der Waals surface area (Å²) < 4.78 is 5.72. The first-order chi connectivity index (χ1) is 9.28. The van der Waals surface area contributed by atoms with E-state index in [1.54, 1.807) is 0 Å². The molecule has 0 aromatic carbocycles. The van der Waals surface area contributed by atoms with Crippen molar-refractivity contribution in [2.45, 2.75) is 44.8 Å². The summed E-state index contributed by atoms with van der Waals surface area (Å²) in [5.41, 5.74) is 0. The maximum Gasteiger partial charge on any atom is 0.0587 e. The number of piperazine rings is 1. The van der Waals surface area contributed by atoms with Crippen molar-refractivity contribution >= 4 is 0 Å². The van der Waals surface area contributed by atoms with Crippen LogP contribution in [0, 0.1) is 0 Å². The highest BCUT2D eigenvalue weighted by molar-refractivity contribution is 4.76. The fourth-order valence-corrected chi connectivity index (χ4v) is 3.03. The SMILES string of the molecule is CCC1CC(NCCCN2CCN(C)CC2)CCO1. The van der Waals surface area contributed by atoms with Crippen LogP contribution in [-0.4, -0.2) is 74.9 Å². The maximum atomic E-state index is 5.72. The van der Waals surface area contributed by atoms with Crippen molar-refractivity contribution in [2.75, 3.05) is 52.9 Å². The summed E-state index contributed by atoms with van der Waals surface area (Å²) in [6.45, 7) is 10.5. The molecular weight excluding hydrogens is 238 g/mol. The number of hydrogen-bond acceptors (Lipinski definition) is 4. The van der Waals surface area contributed by atoms with Crippen LogP contribution < -0.4 is 5.32 Å². The molecule has 4 nitrogen and oxygen atoms in total. The van der Waals surface area contributed by atoms with Crippen LogP contribution in [0.2, 0.25) is 0 Å². The van der Waals surface area contributed by atoms with Gasteiger partial charge in [-0.15, -0.1) is 0 Å². The topological polar surface area (TPSA) is 27.7 Å². The summed E-state index contributed by atoms with van der Waals surface area (Å²) in [6, 6.07) is 0.686. The second-order valence-electron chi connectivity index (χ2n) is 6.07. The minimum Gasteiger partial charge on any atom is -0.378 e. The van der Waals surface area contributed by atoms with Gasteiger partial charge in [0.1, 0.15) is 0 Å². The van der Waals surface area contributed by atoms with Crippen LogP contribution in [-0.2, 0) is 4.74 Å². The van der Waals surface area contributed by atoms with Gasteiger partial charge in [-0.3, -0.25) is 0 Å². The maximum absolute atomic E-state index is 5.72. The van der Waals surface area contributed by atoms with E-state index in [4.69, 9.17) is 4.74 Å². The quantitative estimate of drug-likeness (QED) is 0.733. The van der Waals surface area contributed by atoms with Gasteiger partial charge in [-0.05, 0) is 45.8 Å². The van der Waals surface area contributed by atoms with Gasteiger partial charge in [-0.25, -0.2) is 0 Å². The summed E-state index contributed by atoms with van der Waals surface area (Å²) >= 11 is 0. The van der Waals surface area contributed by atoms with Crippen LogP contribution in [0.5, 0.6) is 0 Å². The smallest absolute Gasteiger partial charge is 0.0587 e. The van der Waals surface area contributed by atoms with Gasteiger partial charge in [-0.1, -0.05) is 6.92 Å². The van der Waals surface area contributed by atoms with Crippen molar-refractivity contribution < 1.29 is 4.74 Å². The lowest BCUT2D eigenvalue weighted by Gasteiger charge is -2.33. The molecule has 2 saturated heterocycles. The lowest BCUT2D eigenvalue weighted by Crippen LogP contribution is -2.45. The van der Waals surface area contributed by atoms with Crippen LogP contribution in [0.15, 0.2) is 0 Å². The molecule has 0 spiro atoms. The van der Waals surface area contributed by atoms with Crippen molar-refractivity contribution in [3.05, 3.63) is 0 Å². The summed E-state index contributed by atoms with van der Waals surface area (Å²) in [4.78, 5) is 5.02. The third kappa shape index (κ3) is 5.38. The largest absolute Gasteiger partial charge is 0.378 e.